The van der Waals surface area contributed by atoms with Gasteiger partial charge in [-0.1, -0.05) is 24.3 Å². The fourth-order valence-corrected chi connectivity index (χ4v) is 3.18. The van der Waals surface area contributed by atoms with Gasteiger partial charge in [0.05, 0.1) is 0 Å². The van der Waals surface area contributed by atoms with Crippen molar-refractivity contribution in [2.75, 3.05) is 32.8 Å². The maximum absolute atomic E-state index is 12.8. The van der Waals surface area contributed by atoms with Crippen LogP contribution in [0.4, 0.5) is 0 Å². The SMILES string of the molecule is Cc1ccc(C(=O)N2CCCN(C(=O)COc3ccccc3)CC2)cc1C. The number of nitrogens with zero attached hydrogens (tertiary/aromatic N) is 2. The van der Waals surface area contributed by atoms with Crippen LogP contribution in [-0.2, 0) is 4.79 Å². The van der Waals surface area contributed by atoms with E-state index in [4.69, 9.17) is 4.74 Å². The third-order valence-electron chi connectivity index (χ3n) is 5.00. The molecule has 1 fully saturated rings. The van der Waals surface area contributed by atoms with E-state index in [9.17, 15) is 9.59 Å². The molecule has 0 aliphatic carbocycles. The molecule has 1 aliphatic rings. The van der Waals surface area contributed by atoms with E-state index in [1.165, 1.54) is 5.56 Å². The van der Waals surface area contributed by atoms with Crippen molar-refractivity contribution < 1.29 is 14.3 Å². The van der Waals surface area contributed by atoms with E-state index in [0.29, 0.717) is 37.5 Å². The van der Waals surface area contributed by atoms with Gasteiger partial charge in [0.2, 0.25) is 0 Å². The van der Waals surface area contributed by atoms with Crippen LogP contribution >= 0.6 is 0 Å². The standard InChI is InChI=1S/C22H26N2O3/c1-17-9-10-19(15-18(17)2)22(26)24-12-6-11-23(13-14-24)21(25)16-27-20-7-4-3-5-8-20/h3-5,7-10,15H,6,11-14,16H2,1-2H3. The molecule has 3 rings (SSSR count). The van der Waals surface area contributed by atoms with E-state index in [0.717, 1.165) is 12.0 Å². The average Bonchev–Trinajstić information content (AvgIpc) is 2.95. The summed E-state index contributed by atoms with van der Waals surface area (Å²) in [5.74, 6) is 0.680. The third-order valence-corrected chi connectivity index (χ3v) is 5.00. The van der Waals surface area contributed by atoms with Crippen molar-refractivity contribution in [3.63, 3.8) is 0 Å². The maximum Gasteiger partial charge on any atom is 0.260 e. The highest BCUT2D eigenvalue weighted by Gasteiger charge is 2.23. The van der Waals surface area contributed by atoms with Crippen LogP contribution in [0.15, 0.2) is 48.5 Å². The second-order valence-corrected chi connectivity index (χ2v) is 6.93. The predicted molar refractivity (Wildman–Crippen MR) is 105 cm³/mol. The van der Waals surface area contributed by atoms with Gasteiger partial charge in [-0.15, -0.1) is 0 Å². The Morgan fingerprint density at radius 2 is 1.59 bits per heavy atom. The summed E-state index contributed by atoms with van der Waals surface area (Å²) in [5.41, 5.74) is 3.01. The minimum Gasteiger partial charge on any atom is -0.484 e. The second kappa shape index (κ2) is 8.71. The van der Waals surface area contributed by atoms with Crippen molar-refractivity contribution >= 4 is 11.8 Å². The van der Waals surface area contributed by atoms with E-state index in [1.807, 2.05) is 67.3 Å². The molecular formula is C22H26N2O3. The fraction of sp³-hybridized carbons (Fsp3) is 0.364. The molecule has 0 atom stereocenters. The van der Waals surface area contributed by atoms with Gasteiger partial charge in [-0.2, -0.15) is 0 Å². The van der Waals surface area contributed by atoms with Crippen molar-refractivity contribution in [2.24, 2.45) is 0 Å². The molecule has 1 aliphatic heterocycles. The zero-order valence-corrected chi connectivity index (χ0v) is 16.0. The van der Waals surface area contributed by atoms with Crippen LogP contribution < -0.4 is 4.74 Å². The van der Waals surface area contributed by atoms with Crippen LogP contribution in [0, 0.1) is 13.8 Å². The van der Waals surface area contributed by atoms with Gasteiger partial charge in [-0.25, -0.2) is 0 Å². The first-order chi connectivity index (χ1) is 13.0. The summed E-state index contributed by atoms with van der Waals surface area (Å²) in [4.78, 5) is 28.9. The van der Waals surface area contributed by atoms with Gasteiger partial charge in [0, 0.05) is 31.7 Å². The smallest absolute Gasteiger partial charge is 0.260 e. The second-order valence-electron chi connectivity index (χ2n) is 6.93. The van der Waals surface area contributed by atoms with E-state index in [1.54, 1.807) is 4.90 Å². The van der Waals surface area contributed by atoms with Gasteiger partial charge in [-0.05, 0) is 55.7 Å². The molecule has 2 aromatic carbocycles. The van der Waals surface area contributed by atoms with Crippen molar-refractivity contribution in [1.82, 2.24) is 9.80 Å². The largest absolute Gasteiger partial charge is 0.484 e. The summed E-state index contributed by atoms with van der Waals surface area (Å²) < 4.78 is 5.56. The summed E-state index contributed by atoms with van der Waals surface area (Å²) in [6, 6.07) is 15.1. The molecule has 2 amide bonds. The Kier molecular flexibility index (Phi) is 6.12. The van der Waals surface area contributed by atoms with E-state index in [-0.39, 0.29) is 18.4 Å². The number of hydrogen-bond acceptors (Lipinski definition) is 3. The quantitative estimate of drug-likeness (QED) is 0.836. The number of carbonyl (C=O) groups is 2. The molecule has 0 bridgehead atoms. The highest BCUT2D eigenvalue weighted by atomic mass is 16.5. The number of hydrogen-bond donors (Lipinski definition) is 0. The molecule has 1 saturated heterocycles. The molecule has 27 heavy (non-hydrogen) atoms. The van der Waals surface area contributed by atoms with Crippen LogP contribution in [-0.4, -0.2) is 54.4 Å². The van der Waals surface area contributed by atoms with Crippen molar-refractivity contribution in [3.8, 4) is 5.75 Å². The van der Waals surface area contributed by atoms with Gasteiger partial charge in [0.15, 0.2) is 6.61 Å². The Bertz CT molecular complexity index is 804. The Hall–Kier alpha value is -2.82. The highest BCUT2D eigenvalue weighted by molar-refractivity contribution is 5.94. The predicted octanol–water partition coefficient (Wildman–Crippen LogP) is 3.06. The molecule has 2 aromatic rings. The maximum atomic E-state index is 12.8. The average molecular weight is 366 g/mol. The summed E-state index contributed by atoms with van der Waals surface area (Å²) in [6.07, 6.45) is 0.771. The van der Waals surface area contributed by atoms with Crippen LogP contribution in [0.5, 0.6) is 5.75 Å². The number of para-hydroxylation sites is 1. The number of ether oxygens (including phenoxy) is 1. The Morgan fingerprint density at radius 1 is 0.889 bits per heavy atom. The van der Waals surface area contributed by atoms with Crippen LogP contribution in [0.2, 0.25) is 0 Å². The van der Waals surface area contributed by atoms with E-state index in [2.05, 4.69) is 0 Å². The highest BCUT2D eigenvalue weighted by Crippen LogP contribution is 2.14. The lowest BCUT2D eigenvalue weighted by Gasteiger charge is -2.22. The van der Waals surface area contributed by atoms with E-state index >= 15 is 0 Å². The Labute approximate surface area is 160 Å². The van der Waals surface area contributed by atoms with Gasteiger partial charge in [-0.3, -0.25) is 9.59 Å². The first kappa shape index (κ1) is 19.0. The number of benzene rings is 2. The van der Waals surface area contributed by atoms with Gasteiger partial charge >= 0.3 is 0 Å². The first-order valence-electron chi connectivity index (χ1n) is 9.37. The summed E-state index contributed by atoms with van der Waals surface area (Å²) >= 11 is 0. The first-order valence-corrected chi connectivity index (χ1v) is 9.37. The molecule has 0 unspecified atom stereocenters. The van der Waals surface area contributed by atoms with Gasteiger partial charge < -0.3 is 14.5 Å². The molecule has 0 radical (unpaired) electrons. The molecule has 5 nitrogen and oxygen atoms in total. The molecule has 0 spiro atoms. The Morgan fingerprint density at radius 3 is 2.33 bits per heavy atom. The summed E-state index contributed by atoms with van der Waals surface area (Å²) in [7, 11) is 0. The summed E-state index contributed by atoms with van der Waals surface area (Å²) in [5, 5.41) is 0. The zero-order chi connectivity index (χ0) is 19.2. The van der Waals surface area contributed by atoms with Gasteiger partial charge in [0.25, 0.3) is 11.8 Å². The fourth-order valence-electron chi connectivity index (χ4n) is 3.18. The molecule has 5 heteroatoms. The summed E-state index contributed by atoms with van der Waals surface area (Å²) in [6.45, 7) is 6.46. The van der Waals surface area contributed by atoms with Crippen LogP contribution in [0.1, 0.15) is 27.9 Å². The Balaban J connectivity index is 1.55. The molecule has 142 valence electrons. The van der Waals surface area contributed by atoms with Crippen molar-refractivity contribution in [3.05, 3.63) is 65.2 Å². The molecule has 1 heterocycles. The number of carbonyl (C=O) groups excluding carboxylic acids is 2. The number of amides is 2. The number of rotatable bonds is 4. The minimum atomic E-state index is -0.0423. The topological polar surface area (TPSA) is 49.9 Å². The van der Waals surface area contributed by atoms with Crippen LogP contribution in [0.25, 0.3) is 0 Å². The number of aryl methyl sites for hydroxylation is 2. The molecule has 0 aromatic heterocycles. The lowest BCUT2D eigenvalue weighted by molar-refractivity contribution is -0.133. The van der Waals surface area contributed by atoms with Gasteiger partial charge in [0.1, 0.15) is 5.75 Å². The molecule has 0 saturated carbocycles. The third kappa shape index (κ3) is 4.88. The lowest BCUT2D eigenvalue weighted by Crippen LogP contribution is -2.39. The normalized spacial score (nSPS) is 14.6. The van der Waals surface area contributed by atoms with Crippen LogP contribution in [0.3, 0.4) is 0 Å². The minimum absolute atomic E-state index is 0.0229. The molecular weight excluding hydrogens is 340 g/mol. The van der Waals surface area contributed by atoms with E-state index < -0.39 is 0 Å². The molecule has 0 N–H and O–H groups in total. The zero-order valence-electron chi connectivity index (χ0n) is 16.0. The lowest BCUT2D eigenvalue weighted by atomic mass is 10.1. The monoisotopic (exact) mass is 366 g/mol. The van der Waals surface area contributed by atoms with Crippen molar-refractivity contribution in [2.45, 2.75) is 20.3 Å². The van der Waals surface area contributed by atoms with Crippen molar-refractivity contribution in [1.29, 1.82) is 0 Å².